The molecule has 0 saturated heterocycles. The molecule has 14 heavy (non-hydrogen) atoms. The maximum absolute atomic E-state index is 5.74. The van der Waals surface area contributed by atoms with Crippen molar-refractivity contribution in [3.63, 3.8) is 0 Å². The fourth-order valence-electron chi connectivity index (χ4n) is 1.20. The number of rotatable bonds is 2. The third-order valence-corrected chi connectivity index (χ3v) is 1.86. The summed E-state index contributed by atoms with van der Waals surface area (Å²) < 4.78 is 5.04. The van der Waals surface area contributed by atoms with Crippen molar-refractivity contribution in [3.8, 4) is 11.4 Å². The number of nitrogens with zero attached hydrogens (tertiary/aromatic N) is 3. The van der Waals surface area contributed by atoms with Gasteiger partial charge in [0.1, 0.15) is 5.75 Å². The smallest absolute Gasteiger partial charge is 0.141 e. The van der Waals surface area contributed by atoms with Crippen LogP contribution in [0.2, 0.25) is 0 Å². The first-order chi connectivity index (χ1) is 6.81. The summed E-state index contributed by atoms with van der Waals surface area (Å²) in [7, 11) is 1.58. The van der Waals surface area contributed by atoms with Gasteiger partial charge in [0.05, 0.1) is 30.9 Å². The molecule has 72 valence electrons. The van der Waals surface area contributed by atoms with Crippen molar-refractivity contribution in [1.82, 2.24) is 15.0 Å². The second-order valence-corrected chi connectivity index (χ2v) is 2.74. The Morgan fingerprint density at radius 2 is 2.00 bits per heavy atom. The van der Waals surface area contributed by atoms with E-state index in [0.29, 0.717) is 11.4 Å². The van der Waals surface area contributed by atoms with Gasteiger partial charge in [-0.3, -0.25) is 0 Å². The van der Waals surface area contributed by atoms with E-state index >= 15 is 0 Å². The van der Waals surface area contributed by atoms with Crippen LogP contribution in [0.3, 0.4) is 0 Å². The zero-order valence-electron chi connectivity index (χ0n) is 7.71. The van der Waals surface area contributed by atoms with Gasteiger partial charge >= 0.3 is 0 Å². The fraction of sp³-hybridized carbons (Fsp3) is 0.111. The molecule has 0 amide bonds. The number of nitrogens with two attached hydrogens (primary N) is 1. The van der Waals surface area contributed by atoms with Crippen LogP contribution in [-0.4, -0.2) is 22.1 Å². The Kier molecular flexibility index (Phi) is 2.06. The van der Waals surface area contributed by atoms with Crippen molar-refractivity contribution < 1.29 is 4.74 Å². The van der Waals surface area contributed by atoms with Crippen LogP contribution < -0.4 is 10.5 Å². The molecular formula is C9H10N4O. The molecule has 1 aromatic carbocycles. The number of benzene rings is 1. The first-order valence-electron chi connectivity index (χ1n) is 4.11. The van der Waals surface area contributed by atoms with Gasteiger partial charge in [-0.1, -0.05) is 0 Å². The number of anilines is 1. The minimum absolute atomic E-state index is 0.572. The normalized spacial score (nSPS) is 10.1. The van der Waals surface area contributed by atoms with E-state index in [1.54, 1.807) is 31.6 Å². The number of hydrogen-bond donors (Lipinski definition) is 1. The minimum atomic E-state index is 0.572. The van der Waals surface area contributed by atoms with Crippen molar-refractivity contribution >= 4 is 5.69 Å². The number of nitrogen functional groups attached to an aromatic ring is 1. The lowest BCUT2D eigenvalue weighted by Gasteiger charge is -2.05. The van der Waals surface area contributed by atoms with E-state index in [4.69, 9.17) is 10.5 Å². The molecule has 5 nitrogen and oxygen atoms in total. The summed E-state index contributed by atoms with van der Waals surface area (Å²) in [4.78, 5) is 1.50. The van der Waals surface area contributed by atoms with Crippen LogP contribution in [0, 0.1) is 0 Å². The third kappa shape index (κ3) is 1.39. The maximum Gasteiger partial charge on any atom is 0.141 e. The molecule has 0 saturated carbocycles. The summed E-state index contributed by atoms with van der Waals surface area (Å²) >= 11 is 0. The molecule has 0 atom stereocenters. The van der Waals surface area contributed by atoms with Gasteiger partial charge in [-0.05, 0) is 18.2 Å². The van der Waals surface area contributed by atoms with Crippen LogP contribution in [0.25, 0.3) is 5.69 Å². The van der Waals surface area contributed by atoms with Crippen LogP contribution in [0.5, 0.6) is 5.75 Å². The van der Waals surface area contributed by atoms with Crippen LogP contribution >= 0.6 is 0 Å². The fourth-order valence-corrected chi connectivity index (χ4v) is 1.20. The summed E-state index contributed by atoms with van der Waals surface area (Å²) in [6, 6.07) is 5.39. The Morgan fingerprint density at radius 3 is 2.57 bits per heavy atom. The predicted octanol–water partition coefficient (Wildman–Crippen LogP) is 0.858. The molecule has 5 heteroatoms. The molecule has 0 radical (unpaired) electrons. The van der Waals surface area contributed by atoms with Gasteiger partial charge in [0, 0.05) is 0 Å². The molecule has 2 aromatic rings. The molecule has 1 aromatic heterocycles. The Morgan fingerprint density at radius 1 is 1.29 bits per heavy atom. The zero-order valence-corrected chi connectivity index (χ0v) is 7.71. The highest BCUT2D eigenvalue weighted by Gasteiger charge is 2.02. The lowest BCUT2D eigenvalue weighted by molar-refractivity contribution is 0.417. The SMILES string of the molecule is COc1ccc(-n2nccn2)cc1N. The molecule has 0 unspecified atom stereocenters. The largest absolute Gasteiger partial charge is 0.495 e. The van der Waals surface area contributed by atoms with Gasteiger partial charge in [0.15, 0.2) is 0 Å². The summed E-state index contributed by atoms with van der Waals surface area (Å²) in [5, 5.41) is 7.98. The Bertz CT molecular complexity index is 424. The molecule has 0 aliphatic carbocycles. The summed E-state index contributed by atoms with van der Waals surface area (Å²) in [5.74, 6) is 0.654. The van der Waals surface area contributed by atoms with Gasteiger partial charge in [-0.2, -0.15) is 15.0 Å². The Labute approximate surface area is 81.1 Å². The average molecular weight is 190 g/mol. The highest BCUT2D eigenvalue weighted by Crippen LogP contribution is 2.22. The van der Waals surface area contributed by atoms with Crippen LogP contribution in [0.15, 0.2) is 30.6 Å². The van der Waals surface area contributed by atoms with Crippen LogP contribution in [0.1, 0.15) is 0 Å². The number of aromatic nitrogens is 3. The van der Waals surface area contributed by atoms with Gasteiger partial charge in [-0.25, -0.2) is 0 Å². The van der Waals surface area contributed by atoms with Crippen LogP contribution in [0.4, 0.5) is 5.69 Å². The summed E-state index contributed by atoms with van der Waals surface area (Å²) in [6.07, 6.45) is 3.22. The molecule has 0 aliphatic heterocycles. The zero-order chi connectivity index (χ0) is 9.97. The molecule has 0 fully saturated rings. The van der Waals surface area contributed by atoms with Crippen molar-refractivity contribution in [3.05, 3.63) is 30.6 Å². The van der Waals surface area contributed by atoms with Gasteiger partial charge in [-0.15, -0.1) is 0 Å². The highest BCUT2D eigenvalue weighted by atomic mass is 16.5. The van der Waals surface area contributed by atoms with Gasteiger partial charge < -0.3 is 10.5 Å². The standard InChI is InChI=1S/C9H10N4O/c1-14-9-3-2-7(6-8(9)10)13-11-4-5-12-13/h2-6H,10H2,1H3. The summed E-state index contributed by atoms with van der Waals surface area (Å²) in [5.41, 5.74) is 7.13. The third-order valence-electron chi connectivity index (χ3n) is 1.86. The average Bonchev–Trinajstić information content (AvgIpc) is 2.70. The first-order valence-corrected chi connectivity index (χ1v) is 4.11. The number of hydrogen-bond acceptors (Lipinski definition) is 4. The minimum Gasteiger partial charge on any atom is -0.495 e. The Balaban J connectivity index is 2.43. The van der Waals surface area contributed by atoms with E-state index in [-0.39, 0.29) is 0 Å². The first kappa shape index (κ1) is 8.55. The van der Waals surface area contributed by atoms with Gasteiger partial charge in [0.25, 0.3) is 0 Å². The number of ether oxygens (including phenoxy) is 1. The quantitative estimate of drug-likeness (QED) is 0.713. The van der Waals surface area contributed by atoms with Crippen molar-refractivity contribution in [2.24, 2.45) is 0 Å². The van der Waals surface area contributed by atoms with E-state index in [2.05, 4.69) is 10.2 Å². The number of methoxy groups -OCH3 is 1. The lowest BCUT2D eigenvalue weighted by atomic mass is 10.2. The highest BCUT2D eigenvalue weighted by molar-refractivity contribution is 5.57. The van der Waals surface area contributed by atoms with E-state index in [0.717, 1.165) is 5.69 Å². The molecule has 0 spiro atoms. The monoisotopic (exact) mass is 190 g/mol. The van der Waals surface area contributed by atoms with Crippen molar-refractivity contribution in [1.29, 1.82) is 0 Å². The molecule has 2 rings (SSSR count). The van der Waals surface area contributed by atoms with E-state index in [1.807, 2.05) is 6.07 Å². The second-order valence-electron chi connectivity index (χ2n) is 2.74. The topological polar surface area (TPSA) is 66.0 Å². The molecule has 0 bridgehead atoms. The summed E-state index contributed by atoms with van der Waals surface area (Å²) in [6.45, 7) is 0. The maximum atomic E-state index is 5.74. The van der Waals surface area contributed by atoms with E-state index in [1.165, 1.54) is 4.80 Å². The molecule has 1 heterocycles. The van der Waals surface area contributed by atoms with Crippen molar-refractivity contribution in [2.75, 3.05) is 12.8 Å². The lowest BCUT2D eigenvalue weighted by Crippen LogP contribution is -2.00. The van der Waals surface area contributed by atoms with Crippen LogP contribution in [-0.2, 0) is 0 Å². The molecular weight excluding hydrogens is 180 g/mol. The predicted molar refractivity (Wildman–Crippen MR) is 52.3 cm³/mol. The molecule has 0 aliphatic rings. The van der Waals surface area contributed by atoms with E-state index in [9.17, 15) is 0 Å². The molecule has 2 N–H and O–H groups in total. The van der Waals surface area contributed by atoms with E-state index < -0.39 is 0 Å². The van der Waals surface area contributed by atoms with Gasteiger partial charge in [0.2, 0.25) is 0 Å². The Hall–Kier alpha value is -2.04. The second kappa shape index (κ2) is 3.37. The van der Waals surface area contributed by atoms with Crippen molar-refractivity contribution in [2.45, 2.75) is 0 Å².